The van der Waals surface area contributed by atoms with Gasteiger partial charge in [0.2, 0.25) is 11.0 Å². The zero-order chi connectivity index (χ0) is 12.6. The lowest BCUT2D eigenvalue weighted by Gasteiger charge is -2.13. The van der Waals surface area contributed by atoms with Gasteiger partial charge in [-0.2, -0.15) is 0 Å². The van der Waals surface area contributed by atoms with E-state index in [1.807, 2.05) is 0 Å². The van der Waals surface area contributed by atoms with Gasteiger partial charge in [0.1, 0.15) is 5.01 Å². The van der Waals surface area contributed by atoms with E-state index in [9.17, 15) is 4.79 Å². The maximum absolute atomic E-state index is 11.8. The summed E-state index contributed by atoms with van der Waals surface area (Å²) >= 11 is 1.45. The highest BCUT2D eigenvalue weighted by molar-refractivity contribution is 7.15. The van der Waals surface area contributed by atoms with Gasteiger partial charge in [0.15, 0.2) is 0 Å². The van der Waals surface area contributed by atoms with E-state index in [1.165, 1.54) is 11.3 Å². The largest absolute Gasteiger partial charge is 0.396 e. The second kappa shape index (κ2) is 4.34. The zero-order valence-electron chi connectivity index (χ0n) is 10.3. The van der Waals surface area contributed by atoms with Crippen LogP contribution in [0.4, 0.5) is 5.13 Å². The quantitative estimate of drug-likeness (QED) is 0.861. The number of aliphatic hydroxyl groups excluding tert-OH is 1. The van der Waals surface area contributed by atoms with Gasteiger partial charge in [-0.15, -0.1) is 10.2 Å². The molecule has 17 heavy (non-hydrogen) atoms. The van der Waals surface area contributed by atoms with Gasteiger partial charge in [0.25, 0.3) is 0 Å². The monoisotopic (exact) mass is 255 g/mol. The van der Waals surface area contributed by atoms with Gasteiger partial charge in [-0.25, -0.2) is 0 Å². The van der Waals surface area contributed by atoms with Crippen LogP contribution in [-0.2, 0) is 10.2 Å². The lowest BCUT2D eigenvalue weighted by molar-refractivity contribution is -0.117. The molecule has 0 bridgehead atoms. The van der Waals surface area contributed by atoms with Gasteiger partial charge in [0.05, 0.1) is 0 Å². The molecule has 2 heterocycles. The minimum atomic E-state index is -0.0466. The SMILES string of the molecule is CC(C)(C)c1nnc(N2CC(CO)CC2=O)s1. The van der Waals surface area contributed by atoms with Crippen molar-refractivity contribution < 1.29 is 9.90 Å². The van der Waals surface area contributed by atoms with Gasteiger partial charge in [-0.3, -0.25) is 9.69 Å². The molecule has 1 N–H and O–H groups in total. The van der Waals surface area contributed by atoms with Crippen molar-refractivity contribution in [1.29, 1.82) is 0 Å². The molecule has 5 nitrogen and oxygen atoms in total. The van der Waals surface area contributed by atoms with E-state index in [0.717, 1.165) is 5.01 Å². The van der Waals surface area contributed by atoms with Gasteiger partial charge < -0.3 is 5.11 Å². The average Bonchev–Trinajstić information content (AvgIpc) is 2.82. The summed E-state index contributed by atoms with van der Waals surface area (Å²) in [6.45, 7) is 6.81. The van der Waals surface area contributed by atoms with E-state index in [2.05, 4.69) is 31.0 Å². The van der Waals surface area contributed by atoms with Crippen LogP contribution in [0.25, 0.3) is 0 Å². The first-order chi connectivity index (χ1) is 7.91. The molecule has 1 unspecified atom stereocenters. The van der Waals surface area contributed by atoms with Crippen molar-refractivity contribution in [1.82, 2.24) is 10.2 Å². The summed E-state index contributed by atoms with van der Waals surface area (Å²) in [7, 11) is 0. The number of hydrogen-bond acceptors (Lipinski definition) is 5. The number of aromatic nitrogens is 2. The summed E-state index contributed by atoms with van der Waals surface area (Å²) in [6, 6.07) is 0. The standard InChI is InChI=1S/C11H17N3O2S/c1-11(2,3)9-12-13-10(17-9)14-5-7(6-15)4-8(14)16/h7,15H,4-6H2,1-3H3. The number of nitrogens with zero attached hydrogens (tertiary/aromatic N) is 3. The number of rotatable bonds is 2. The van der Waals surface area contributed by atoms with Crippen LogP contribution in [0, 0.1) is 5.92 Å². The Balaban J connectivity index is 2.19. The normalized spacial score (nSPS) is 21.3. The number of amides is 1. The molecule has 2 rings (SSSR count). The van der Waals surface area contributed by atoms with Crippen LogP contribution in [0.1, 0.15) is 32.2 Å². The molecule has 0 aliphatic carbocycles. The van der Waals surface area contributed by atoms with E-state index >= 15 is 0 Å². The Kier molecular flexibility index (Phi) is 3.18. The highest BCUT2D eigenvalue weighted by atomic mass is 32.1. The average molecular weight is 255 g/mol. The zero-order valence-corrected chi connectivity index (χ0v) is 11.1. The second-order valence-corrected chi connectivity index (χ2v) is 6.35. The van der Waals surface area contributed by atoms with E-state index < -0.39 is 0 Å². The number of carbonyl (C=O) groups excluding carboxylic acids is 1. The van der Waals surface area contributed by atoms with Crippen molar-refractivity contribution in [2.75, 3.05) is 18.1 Å². The predicted molar refractivity (Wildman–Crippen MR) is 66.2 cm³/mol. The first-order valence-corrected chi connectivity index (χ1v) is 6.48. The van der Waals surface area contributed by atoms with Gasteiger partial charge in [-0.1, -0.05) is 32.1 Å². The van der Waals surface area contributed by atoms with Crippen molar-refractivity contribution in [3.05, 3.63) is 5.01 Å². The molecular formula is C11H17N3O2S. The molecule has 94 valence electrons. The minimum Gasteiger partial charge on any atom is -0.396 e. The Morgan fingerprint density at radius 1 is 1.47 bits per heavy atom. The van der Waals surface area contributed by atoms with Crippen molar-refractivity contribution in [2.45, 2.75) is 32.6 Å². The Bertz CT molecular complexity index is 425. The molecule has 6 heteroatoms. The van der Waals surface area contributed by atoms with E-state index in [0.29, 0.717) is 18.1 Å². The van der Waals surface area contributed by atoms with Crippen molar-refractivity contribution in [2.24, 2.45) is 5.92 Å². The van der Waals surface area contributed by atoms with Gasteiger partial charge in [-0.05, 0) is 0 Å². The van der Waals surface area contributed by atoms with Crippen molar-refractivity contribution in [3.63, 3.8) is 0 Å². The number of anilines is 1. The molecule has 1 aliphatic heterocycles. The molecule has 0 saturated carbocycles. The maximum atomic E-state index is 11.8. The molecule has 1 aromatic rings. The number of hydrogen-bond donors (Lipinski definition) is 1. The minimum absolute atomic E-state index is 0.0284. The Morgan fingerprint density at radius 3 is 2.65 bits per heavy atom. The fraction of sp³-hybridized carbons (Fsp3) is 0.727. The van der Waals surface area contributed by atoms with Crippen molar-refractivity contribution >= 4 is 22.4 Å². The van der Waals surface area contributed by atoms with Crippen LogP contribution in [0.15, 0.2) is 0 Å². The number of carbonyl (C=O) groups is 1. The molecule has 1 saturated heterocycles. The first kappa shape index (κ1) is 12.4. The highest BCUT2D eigenvalue weighted by Crippen LogP contribution is 2.32. The number of aliphatic hydroxyl groups is 1. The topological polar surface area (TPSA) is 66.3 Å². The molecule has 0 aromatic carbocycles. The third-order valence-corrected chi connectivity index (χ3v) is 4.12. The van der Waals surface area contributed by atoms with Gasteiger partial charge >= 0.3 is 0 Å². The van der Waals surface area contributed by atoms with E-state index in [4.69, 9.17) is 5.11 Å². The third-order valence-electron chi connectivity index (χ3n) is 2.75. The Labute approximate surface area is 104 Å². The van der Waals surface area contributed by atoms with Crippen LogP contribution in [-0.4, -0.2) is 34.4 Å². The molecule has 0 radical (unpaired) electrons. The van der Waals surface area contributed by atoms with E-state index in [1.54, 1.807) is 4.90 Å². The molecule has 1 atom stereocenters. The predicted octanol–water partition coefficient (Wildman–Crippen LogP) is 1.18. The van der Waals surface area contributed by atoms with Crippen LogP contribution in [0.5, 0.6) is 0 Å². The summed E-state index contributed by atoms with van der Waals surface area (Å²) in [4.78, 5) is 13.4. The smallest absolute Gasteiger partial charge is 0.229 e. The molecular weight excluding hydrogens is 238 g/mol. The third kappa shape index (κ3) is 2.47. The van der Waals surface area contributed by atoms with Crippen LogP contribution >= 0.6 is 11.3 Å². The summed E-state index contributed by atoms with van der Waals surface area (Å²) in [5.41, 5.74) is -0.0466. The highest BCUT2D eigenvalue weighted by Gasteiger charge is 2.33. The second-order valence-electron chi connectivity index (χ2n) is 5.40. The van der Waals surface area contributed by atoms with Crippen LogP contribution in [0.2, 0.25) is 0 Å². The molecule has 1 fully saturated rings. The lowest BCUT2D eigenvalue weighted by Crippen LogP contribution is -2.24. The summed E-state index contributed by atoms with van der Waals surface area (Å²) < 4.78 is 0. The molecule has 1 aromatic heterocycles. The summed E-state index contributed by atoms with van der Waals surface area (Å²) in [5.74, 6) is 0.0603. The molecule has 1 amide bonds. The molecule has 0 spiro atoms. The summed E-state index contributed by atoms with van der Waals surface area (Å²) in [5, 5.41) is 18.8. The van der Waals surface area contributed by atoms with Crippen LogP contribution in [0.3, 0.4) is 0 Å². The molecule has 1 aliphatic rings. The Morgan fingerprint density at radius 2 is 2.18 bits per heavy atom. The fourth-order valence-electron chi connectivity index (χ4n) is 1.72. The lowest BCUT2D eigenvalue weighted by atomic mass is 9.98. The van der Waals surface area contributed by atoms with Crippen molar-refractivity contribution in [3.8, 4) is 0 Å². The summed E-state index contributed by atoms with van der Waals surface area (Å²) in [6.07, 6.45) is 0.404. The van der Waals surface area contributed by atoms with Crippen LogP contribution < -0.4 is 4.90 Å². The first-order valence-electron chi connectivity index (χ1n) is 5.67. The maximum Gasteiger partial charge on any atom is 0.229 e. The van der Waals surface area contributed by atoms with E-state index in [-0.39, 0.29) is 23.8 Å². The Hall–Kier alpha value is -1.01. The fourth-order valence-corrected chi connectivity index (χ4v) is 2.65. The van der Waals surface area contributed by atoms with Gasteiger partial charge in [0, 0.05) is 30.9 Å².